The molecule has 0 aromatic carbocycles. The van der Waals surface area contributed by atoms with Crippen LogP contribution in [0.5, 0.6) is 0 Å². The predicted molar refractivity (Wildman–Crippen MR) is 53.1 cm³/mol. The zero-order chi connectivity index (χ0) is 13.0. The molecule has 7 heteroatoms. The molecule has 3 N–H and O–H groups in total. The number of pyridine rings is 1. The lowest BCUT2D eigenvalue weighted by Gasteiger charge is -2.10. The zero-order valence-electron chi connectivity index (χ0n) is 8.65. The molecule has 17 heavy (non-hydrogen) atoms. The van der Waals surface area contributed by atoms with Crippen molar-refractivity contribution < 1.29 is 18.7 Å². The number of carboxylic acids is 1. The third-order valence-corrected chi connectivity index (χ3v) is 2.07. The topological polar surface area (TPSA) is 100 Å². The van der Waals surface area contributed by atoms with E-state index in [9.17, 15) is 13.6 Å². The summed E-state index contributed by atoms with van der Waals surface area (Å²) >= 11 is 0. The first-order valence-corrected chi connectivity index (χ1v) is 4.62. The van der Waals surface area contributed by atoms with Gasteiger partial charge in [0.1, 0.15) is 11.8 Å². The minimum absolute atomic E-state index is 0.0508. The molecule has 0 radical (unpaired) electrons. The van der Waals surface area contributed by atoms with E-state index in [-0.39, 0.29) is 17.8 Å². The summed E-state index contributed by atoms with van der Waals surface area (Å²) in [5.41, 5.74) is 4.27. The van der Waals surface area contributed by atoms with Crippen LogP contribution in [0.15, 0.2) is 6.07 Å². The van der Waals surface area contributed by atoms with E-state index in [4.69, 9.17) is 16.1 Å². The number of nitriles is 1. The molecule has 0 saturated carbocycles. The summed E-state index contributed by atoms with van der Waals surface area (Å²) in [4.78, 5) is 14.2. The molecule has 0 bridgehead atoms. The van der Waals surface area contributed by atoms with Crippen LogP contribution in [0.3, 0.4) is 0 Å². The van der Waals surface area contributed by atoms with Gasteiger partial charge in [-0.05, 0) is 11.6 Å². The van der Waals surface area contributed by atoms with Crippen LogP contribution in [-0.4, -0.2) is 16.1 Å². The van der Waals surface area contributed by atoms with Crippen LogP contribution in [0.25, 0.3) is 0 Å². The number of nitrogens with two attached hydrogens (primary N) is 1. The van der Waals surface area contributed by atoms with Gasteiger partial charge in [0.05, 0.1) is 17.7 Å². The second-order valence-corrected chi connectivity index (χ2v) is 3.22. The number of nitrogens with zero attached hydrogens (tertiary/aromatic N) is 2. The number of rotatable bonds is 4. The number of aliphatic carboxylic acids is 1. The van der Waals surface area contributed by atoms with Crippen LogP contribution in [0.2, 0.25) is 0 Å². The zero-order valence-corrected chi connectivity index (χ0v) is 8.65. The van der Waals surface area contributed by atoms with Crippen LogP contribution in [0.1, 0.15) is 28.9 Å². The van der Waals surface area contributed by atoms with Crippen LogP contribution >= 0.6 is 0 Å². The van der Waals surface area contributed by atoms with E-state index >= 15 is 0 Å². The van der Waals surface area contributed by atoms with Crippen LogP contribution in [-0.2, 0) is 17.8 Å². The molecule has 0 aliphatic heterocycles. The minimum atomic E-state index is -2.95. The Kier molecular flexibility index (Phi) is 4.06. The highest BCUT2D eigenvalue weighted by atomic mass is 19.3. The number of carboxylic acid groups (broad SMARTS) is 1. The second-order valence-electron chi connectivity index (χ2n) is 3.22. The van der Waals surface area contributed by atoms with Crippen molar-refractivity contribution in [3.05, 3.63) is 28.6 Å². The fourth-order valence-electron chi connectivity index (χ4n) is 1.41. The van der Waals surface area contributed by atoms with Crippen LogP contribution in [0.4, 0.5) is 8.78 Å². The Morgan fingerprint density at radius 3 is 2.71 bits per heavy atom. The van der Waals surface area contributed by atoms with Crippen molar-refractivity contribution in [3.63, 3.8) is 0 Å². The Morgan fingerprint density at radius 2 is 2.29 bits per heavy atom. The van der Waals surface area contributed by atoms with Gasteiger partial charge in [-0.3, -0.25) is 4.79 Å². The Labute approximate surface area is 95.5 Å². The monoisotopic (exact) mass is 241 g/mol. The van der Waals surface area contributed by atoms with E-state index in [0.29, 0.717) is 0 Å². The molecule has 0 aliphatic carbocycles. The highest BCUT2D eigenvalue weighted by molar-refractivity contribution is 5.71. The number of aromatic nitrogens is 1. The summed E-state index contributed by atoms with van der Waals surface area (Å²) < 4.78 is 25.5. The summed E-state index contributed by atoms with van der Waals surface area (Å²) in [6, 6.07) is 2.72. The molecule has 1 aromatic rings. The van der Waals surface area contributed by atoms with E-state index in [1.54, 1.807) is 0 Å². The lowest BCUT2D eigenvalue weighted by atomic mass is 10.0. The van der Waals surface area contributed by atoms with Crippen LogP contribution < -0.4 is 5.73 Å². The molecular formula is C10H9F2N3O2. The smallest absolute Gasteiger partial charge is 0.307 e. The number of halogens is 2. The second kappa shape index (κ2) is 5.32. The van der Waals surface area contributed by atoms with Gasteiger partial charge in [-0.2, -0.15) is 5.26 Å². The van der Waals surface area contributed by atoms with Gasteiger partial charge in [-0.1, -0.05) is 0 Å². The van der Waals surface area contributed by atoms with Gasteiger partial charge in [0, 0.05) is 6.54 Å². The van der Waals surface area contributed by atoms with E-state index in [2.05, 4.69) is 4.98 Å². The van der Waals surface area contributed by atoms with Crippen molar-refractivity contribution in [1.82, 2.24) is 4.98 Å². The normalized spacial score (nSPS) is 10.3. The first kappa shape index (κ1) is 13.0. The van der Waals surface area contributed by atoms with E-state index < -0.39 is 30.1 Å². The van der Waals surface area contributed by atoms with E-state index in [0.717, 1.165) is 0 Å². The fourth-order valence-corrected chi connectivity index (χ4v) is 1.41. The van der Waals surface area contributed by atoms with Gasteiger partial charge in [-0.15, -0.1) is 0 Å². The SMILES string of the molecule is N#Cc1nc(CN)cc(CC(=O)O)c1C(F)F. The maximum atomic E-state index is 12.7. The van der Waals surface area contributed by atoms with Crippen molar-refractivity contribution in [1.29, 1.82) is 5.26 Å². The summed E-state index contributed by atoms with van der Waals surface area (Å²) in [7, 11) is 0. The van der Waals surface area contributed by atoms with Gasteiger partial charge in [0.25, 0.3) is 6.43 Å². The fraction of sp³-hybridized carbons (Fsp3) is 0.300. The molecule has 0 spiro atoms. The standard InChI is InChI=1S/C10H9F2N3O2/c11-10(12)9-5(2-8(16)17)1-6(3-13)15-7(9)4-14/h1,10H,2-3,13H2,(H,16,17). The Bertz CT molecular complexity index is 483. The quantitative estimate of drug-likeness (QED) is 0.818. The molecular weight excluding hydrogens is 232 g/mol. The molecule has 0 aliphatic rings. The molecule has 0 saturated heterocycles. The van der Waals surface area contributed by atoms with E-state index in [1.165, 1.54) is 12.1 Å². The van der Waals surface area contributed by atoms with Crippen molar-refractivity contribution in [3.8, 4) is 6.07 Å². The third kappa shape index (κ3) is 2.95. The molecule has 0 amide bonds. The molecule has 0 atom stereocenters. The number of carbonyl (C=O) groups is 1. The van der Waals surface area contributed by atoms with E-state index in [1.807, 2.05) is 0 Å². The largest absolute Gasteiger partial charge is 0.481 e. The molecule has 0 unspecified atom stereocenters. The first-order chi connectivity index (χ1) is 7.99. The highest BCUT2D eigenvalue weighted by Crippen LogP contribution is 2.26. The number of alkyl halides is 2. The Balaban J connectivity index is 3.41. The van der Waals surface area contributed by atoms with Crippen molar-refractivity contribution in [2.24, 2.45) is 5.73 Å². The first-order valence-electron chi connectivity index (χ1n) is 4.62. The van der Waals surface area contributed by atoms with Gasteiger partial charge >= 0.3 is 5.97 Å². The summed E-state index contributed by atoms with van der Waals surface area (Å²) in [5, 5.41) is 17.3. The molecule has 5 nitrogen and oxygen atoms in total. The summed E-state index contributed by atoms with van der Waals surface area (Å²) in [5.74, 6) is -1.26. The van der Waals surface area contributed by atoms with Crippen molar-refractivity contribution in [2.75, 3.05) is 0 Å². The highest BCUT2D eigenvalue weighted by Gasteiger charge is 2.21. The number of hydrogen-bond donors (Lipinski definition) is 2. The maximum absolute atomic E-state index is 12.7. The predicted octanol–water partition coefficient (Wildman–Crippen LogP) is 0.977. The van der Waals surface area contributed by atoms with Crippen molar-refractivity contribution in [2.45, 2.75) is 19.4 Å². The molecule has 1 aromatic heterocycles. The third-order valence-electron chi connectivity index (χ3n) is 2.07. The number of hydrogen-bond acceptors (Lipinski definition) is 4. The summed E-state index contributed by atoms with van der Waals surface area (Å²) in [6.07, 6.45) is -3.54. The van der Waals surface area contributed by atoms with Gasteiger partial charge < -0.3 is 10.8 Å². The average molecular weight is 241 g/mol. The lowest BCUT2D eigenvalue weighted by Crippen LogP contribution is -2.11. The average Bonchev–Trinajstić information content (AvgIpc) is 2.26. The van der Waals surface area contributed by atoms with Gasteiger partial charge in [-0.25, -0.2) is 13.8 Å². The molecule has 90 valence electrons. The minimum Gasteiger partial charge on any atom is -0.481 e. The van der Waals surface area contributed by atoms with Crippen molar-refractivity contribution >= 4 is 5.97 Å². The van der Waals surface area contributed by atoms with Crippen LogP contribution in [0, 0.1) is 11.3 Å². The molecule has 1 heterocycles. The maximum Gasteiger partial charge on any atom is 0.307 e. The van der Waals surface area contributed by atoms with Gasteiger partial charge in [0.15, 0.2) is 0 Å². The molecule has 0 fully saturated rings. The Morgan fingerprint density at radius 1 is 1.65 bits per heavy atom. The van der Waals surface area contributed by atoms with Gasteiger partial charge in [0.2, 0.25) is 0 Å². The Hall–Kier alpha value is -2.07. The molecule has 1 rings (SSSR count). The lowest BCUT2D eigenvalue weighted by molar-refractivity contribution is -0.136. The summed E-state index contributed by atoms with van der Waals surface area (Å²) in [6.45, 7) is -0.0508.